The summed E-state index contributed by atoms with van der Waals surface area (Å²) in [6.45, 7) is 10.00. The van der Waals surface area contributed by atoms with Crippen LogP contribution in [0.1, 0.15) is 89.5 Å². The van der Waals surface area contributed by atoms with Crippen LogP contribution in [0.25, 0.3) is 0 Å². The molecule has 3 aromatic rings. The first-order valence-corrected chi connectivity index (χ1v) is 17.3. The summed E-state index contributed by atoms with van der Waals surface area (Å²) in [7, 11) is 5.61. The molecule has 0 saturated heterocycles. The average molecular weight is 678 g/mol. The molecule has 2 aliphatic rings. The van der Waals surface area contributed by atoms with Gasteiger partial charge in [0.2, 0.25) is 5.91 Å². The van der Waals surface area contributed by atoms with Crippen molar-refractivity contribution in [1.29, 1.82) is 0 Å². The lowest BCUT2D eigenvalue weighted by Crippen LogP contribution is -2.41. The number of methoxy groups -OCH3 is 1. The SMILES string of the molecule is CC(C)(C)OC(=O)CNC1CCCCC1.COc1cc2c(cc1OC(C)C)C(c1ccc(Cl)cc1)N(c1ccc(N(C)C)cc1)C(=O)C2. The Hall–Kier alpha value is -3.75. The average Bonchev–Trinajstić information content (AvgIpc) is 3.03. The normalized spacial score (nSPS) is 16.5. The first kappa shape index (κ1) is 37.1. The summed E-state index contributed by atoms with van der Waals surface area (Å²) < 4.78 is 16.9. The summed E-state index contributed by atoms with van der Waals surface area (Å²) in [5.41, 5.74) is 4.48. The molecule has 1 N–H and O–H groups in total. The number of amides is 1. The Labute approximate surface area is 291 Å². The van der Waals surface area contributed by atoms with Crippen LogP contribution in [0.3, 0.4) is 0 Å². The molecule has 8 nitrogen and oxygen atoms in total. The first-order chi connectivity index (χ1) is 22.8. The van der Waals surface area contributed by atoms with Crippen LogP contribution in [-0.4, -0.2) is 57.4 Å². The second-order valence-electron chi connectivity index (χ2n) is 14.0. The van der Waals surface area contributed by atoms with Crippen LogP contribution in [0.4, 0.5) is 11.4 Å². The van der Waals surface area contributed by atoms with Crippen LogP contribution in [0, 0.1) is 0 Å². The van der Waals surface area contributed by atoms with E-state index >= 15 is 0 Å². The zero-order chi connectivity index (χ0) is 35.0. The number of carbonyl (C=O) groups excluding carboxylic acids is 2. The lowest BCUT2D eigenvalue weighted by molar-refractivity contribution is -0.153. The van der Waals surface area contributed by atoms with E-state index in [0.29, 0.717) is 29.1 Å². The van der Waals surface area contributed by atoms with Crippen molar-refractivity contribution >= 4 is 34.9 Å². The molecule has 48 heavy (non-hydrogen) atoms. The van der Waals surface area contributed by atoms with Gasteiger partial charge in [-0.2, -0.15) is 0 Å². The van der Waals surface area contributed by atoms with Crippen LogP contribution in [0.5, 0.6) is 11.5 Å². The Balaban J connectivity index is 0.000000291. The molecule has 1 heterocycles. The Morgan fingerprint density at radius 2 is 1.62 bits per heavy atom. The quantitative estimate of drug-likeness (QED) is 0.229. The van der Waals surface area contributed by atoms with Crippen molar-refractivity contribution in [3.63, 3.8) is 0 Å². The monoisotopic (exact) mass is 677 g/mol. The molecule has 0 bridgehead atoms. The third kappa shape index (κ3) is 10.1. The number of halogens is 1. The van der Waals surface area contributed by atoms with E-state index in [2.05, 4.69) is 5.32 Å². The van der Waals surface area contributed by atoms with Crippen molar-refractivity contribution in [3.8, 4) is 11.5 Å². The van der Waals surface area contributed by atoms with E-state index in [1.54, 1.807) is 7.11 Å². The Morgan fingerprint density at radius 1 is 0.979 bits per heavy atom. The Morgan fingerprint density at radius 3 is 2.19 bits per heavy atom. The van der Waals surface area contributed by atoms with E-state index in [9.17, 15) is 9.59 Å². The number of benzene rings is 3. The van der Waals surface area contributed by atoms with Gasteiger partial charge in [0.05, 0.1) is 32.2 Å². The third-order valence-electron chi connectivity index (χ3n) is 8.34. The standard InChI is InChI=1S/C27H29ClN2O3.C12H23NO2/c1-17(2)33-25-16-23-19(14-24(25)32-5)15-26(31)30(22-12-10-21(11-13-22)29(3)4)27(23)18-6-8-20(28)9-7-18;1-12(2,3)15-11(14)9-13-10-7-5-4-6-8-10/h6-14,16-17,27H,15H2,1-5H3;10,13H,4-9H2,1-3H3. The van der Waals surface area contributed by atoms with Crippen molar-refractivity contribution in [1.82, 2.24) is 5.32 Å². The fraction of sp³-hybridized carbons (Fsp3) is 0.487. The molecule has 1 atom stereocenters. The predicted molar refractivity (Wildman–Crippen MR) is 195 cm³/mol. The van der Waals surface area contributed by atoms with Crippen molar-refractivity contribution in [2.45, 2.75) is 96.9 Å². The molecular formula is C39H52ClN3O5. The minimum atomic E-state index is -0.370. The van der Waals surface area contributed by atoms with Crippen LogP contribution < -0.4 is 24.6 Å². The molecule has 260 valence electrons. The molecule has 0 radical (unpaired) electrons. The summed E-state index contributed by atoms with van der Waals surface area (Å²) in [5, 5.41) is 3.92. The van der Waals surface area contributed by atoms with Gasteiger partial charge in [0.1, 0.15) is 5.60 Å². The predicted octanol–water partition coefficient (Wildman–Crippen LogP) is 8.13. The highest BCUT2D eigenvalue weighted by atomic mass is 35.5. The fourth-order valence-electron chi connectivity index (χ4n) is 6.15. The van der Waals surface area contributed by atoms with E-state index in [1.165, 1.54) is 32.1 Å². The number of nitrogens with one attached hydrogen (secondary N) is 1. The van der Waals surface area contributed by atoms with E-state index in [1.807, 2.05) is 119 Å². The molecule has 9 heteroatoms. The number of esters is 1. The van der Waals surface area contributed by atoms with Gasteiger partial charge in [0.25, 0.3) is 0 Å². The van der Waals surface area contributed by atoms with Gasteiger partial charge in [-0.3, -0.25) is 9.59 Å². The minimum absolute atomic E-state index is 0.00849. The summed E-state index contributed by atoms with van der Waals surface area (Å²) in [4.78, 5) is 28.8. The van der Waals surface area contributed by atoms with Gasteiger partial charge in [-0.05, 0) is 113 Å². The van der Waals surface area contributed by atoms with Gasteiger partial charge in [-0.15, -0.1) is 0 Å². The molecule has 1 aliphatic carbocycles. The van der Waals surface area contributed by atoms with E-state index in [-0.39, 0.29) is 36.0 Å². The Kier molecular flexibility index (Phi) is 12.8. The third-order valence-corrected chi connectivity index (χ3v) is 8.59. The molecule has 1 saturated carbocycles. The number of rotatable bonds is 9. The van der Waals surface area contributed by atoms with Crippen LogP contribution in [0.2, 0.25) is 5.02 Å². The maximum atomic E-state index is 13.5. The van der Waals surface area contributed by atoms with Crippen molar-refractivity contribution in [2.24, 2.45) is 0 Å². The minimum Gasteiger partial charge on any atom is -0.493 e. The van der Waals surface area contributed by atoms with Crippen LogP contribution in [-0.2, 0) is 20.7 Å². The van der Waals surface area contributed by atoms with Gasteiger partial charge in [0, 0.05) is 36.5 Å². The number of ether oxygens (including phenoxy) is 3. The highest BCUT2D eigenvalue weighted by molar-refractivity contribution is 6.30. The molecular weight excluding hydrogens is 626 g/mol. The first-order valence-electron chi connectivity index (χ1n) is 16.9. The maximum absolute atomic E-state index is 13.5. The van der Waals surface area contributed by atoms with E-state index < -0.39 is 0 Å². The number of anilines is 2. The second kappa shape index (κ2) is 16.6. The van der Waals surface area contributed by atoms with Gasteiger partial charge in [-0.25, -0.2) is 0 Å². The number of carbonyl (C=O) groups is 2. The Bertz CT molecular complexity index is 1510. The summed E-state index contributed by atoms with van der Waals surface area (Å²) in [6.07, 6.45) is 6.58. The van der Waals surface area contributed by atoms with Gasteiger partial charge >= 0.3 is 5.97 Å². The molecule has 1 fully saturated rings. The smallest absolute Gasteiger partial charge is 0.320 e. The molecule has 5 rings (SSSR count). The molecule has 1 amide bonds. The van der Waals surface area contributed by atoms with E-state index in [4.69, 9.17) is 25.8 Å². The molecule has 3 aromatic carbocycles. The van der Waals surface area contributed by atoms with Crippen molar-refractivity contribution in [2.75, 3.05) is 37.5 Å². The maximum Gasteiger partial charge on any atom is 0.320 e. The van der Waals surface area contributed by atoms with Crippen LogP contribution >= 0.6 is 11.6 Å². The van der Waals surface area contributed by atoms with Gasteiger partial charge in [-0.1, -0.05) is 43.0 Å². The lowest BCUT2D eigenvalue weighted by Gasteiger charge is -2.38. The number of fused-ring (bicyclic) bond motifs is 1. The zero-order valence-corrected chi connectivity index (χ0v) is 30.5. The lowest BCUT2D eigenvalue weighted by atomic mass is 9.86. The van der Waals surface area contributed by atoms with Crippen molar-refractivity contribution < 1.29 is 23.8 Å². The number of hydrogen-bond donors (Lipinski definition) is 1. The summed E-state index contributed by atoms with van der Waals surface area (Å²) >= 11 is 6.18. The van der Waals surface area contributed by atoms with Crippen LogP contribution in [0.15, 0.2) is 60.7 Å². The largest absolute Gasteiger partial charge is 0.493 e. The topological polar surface area (TPSA) is 80.3 Å². The van der Waals surface area contributed by atoms with E-state index in [0.717, 1.165) is 28.1 Å². The number of hydrogen-bond acceptors (Lipinski definition) is 7. The fourth-order valence-corrected chi connectivity index (χ4v) is 6.28. The molecule has 1 aliphatic heterocycles. The zero-order valence-electron chi connectivity index (χ0n) is 29.8. The summed E-state index contributed by atoms with van der Waals surface area (Å²) in [6, 6.07) is 19.9. The van der Waals surface area contributed by atoms with Crippen molar-refractivity contribution in [3.05, 3.63) is 82.4 Å². The summed E-state index contributed by atoms with van der Waals surface area (Å²) in [5.74, 6) is 1.18. The molecule has 1 unspecified atom stereocenters. The van der Waals surface area contributed by atoms with Gasteiger partial charge in [0.15, 0.2) is 11.5 Å². The van der Waals surface area contributed by atoms with Gasteiger partial charge < -0.3 is 29.3 Å². The number of nitrogens with zero attached hydrogens (tertiary/aromatic N) is 2. The molecule has 0 aromatic heterocycles. The highest BCUT2D eigenvalue weighted by Crippen LogP contribution is 2.44. The second-order valence-corrected chi connectivity index (χ2v) is 14.4. The molecule has 0 spiro atoms. The highest BCUT2D eigenvalue weighted by Gasteiger charge is 2.36.